The van der Waals surface area contributed by atoms with Gasteiger partial charge >= 0.3 is 0 Å². The third-order valence-corrected chi connectivity index (χ3v) is 4.07. The van der Waals surface area contributed by atoms with Gasteiger partial charge in [-0.1, -0.05) is 15.9 Å². The number of piperidine rings is 1. The first kappa shape index (κ1) is 14.5. The van der Waals surface area contributed by atoms with Gasteiger partial charge in [0.05, 0.1) is 5.56 Å². The van der Waals surface area contributed by atoms with Crippen molar-refractivity contribution in [3.05, 3.63) is 34.1 Å². The molecule has 104 valence electrons. The van der Waals surface area contributed by atoms with Crippen molar-refractivity contribution in [3.63, 3.8) is 0 Å². The molecule has 1 fully saturated rings. The number of rotatable bonds is 2. The Balaban J connectivity index is 2.26. The van der Waals surface area contributed by atoms with Gasteiger partial charge in [0.25, 0.3) is 5.91 Å². The van der Waals surface area contributed by atoms with Crippen LogP contribution in [0.2, 0.25) is 0 Å². The van der Waals surface area contributed by atoms with Crippen molar-refractivity contribution >= 4 is 21.8 Å². The molecule has 2 atom stereocenters. The van der Waals surface area contributed by atoms with Crippen LogP contribution in [0, 0.1) is 5.82 Å². The Morgan fingerprint density at radius 3 is 2.89 bits per heavy atom. The van der Waals surface area contributed by atoms with E-state index in [1.165, 1.54) is 12.1 Å². The fourth-order valence-electron chi connectivity index (χ4n) is 2.57. The normalized spacial score (nSPS) is 21.3. The van der Waals surface area contributed by atoms with E-state index in [4.69, 9.17) is 5.73 Å². The lowest BCUT2D eigenvalue weighted by Crippen LogP contribution is -2.51. The second-order valence-electron chi connectivity index (χ2n) is 5.04. The van der Waals surface area contributed by atoms with Crippen LogP contribution in [0.5, 0.6) is 0 Å². The summed E-state index contributed by atoms with van der Waals surface area (Å²) in [4.78, 5) is 14.2. The standard InChI is InChI=1S/C14H18BrFN2O/c1-9(17)13-4-2-3-7-18(13)14(19)11-6-5-10(15)8-12(11)16/h5-6,8-9,13H,2-4,7,17H2,1H3/t9-,13+/m1/s1. The lowest BCUT2D eigenvalue weighted by molar-refractivity contribution is 0.0579. The van der Waals surface area contributed by atoms with Crippen LogP contribution in [0.4, 0.5) is 4.39 Å². The number of hydrogen-bond acceptors (Lipinski definition) is 2. The average Bonchev–Trinajstić information content (AvgIpc) is 2.38. The second kappa shape index (κ2) is 6.01. The quantitative estimate of drug-likeness (QED) is 0.907. The highest BCUT2D eigenvalue weighted by molar-refractivity contribution is 9.10. The number of halogens is 2. The van der Waals surface area contributed by atoms with Crippen LogP contribution in [-0.2, 0) is 0 Å². The zero-order valence-corrected chi connectivity index (χ0v) is 12.5. The maximum atomic E-state index is 13.9. The van der Waals surface area contributed by atoms with Crippen molar-refractivity contribution in [1.29, 1.82) is 0 Å². The second-order valence-corrected chi connectivity index (χ2v) is 5.96. The van der Waals surface area contributed by atoms with Crippen molar-refractivity contribution < 1.29 is 9.18 Å². The van der Waals surface area contributed by atoms with Crippen LogP contribution in [0.25, 0.3) is 0 Å². The van der Waals surface area contributed by atoms with Gasteiger partial charge in [-0.15, -0.1) is 0 Å². The van der Waals surface area contributed by atoms with E-state index in [0.29, 0.717) is 11.0 Å². The summed E-state index contributed by atoms with van der Waals surface area (Å²) in [5.41, 5.74) is 6.06. The number of carbonyl (C=O) groups excluding carboxylic acids is 1. The zero-order chi connectivity index (χ0) is 14.0. The Bertz CT molecular complexity index is 479. The van der Waals surface area contributed by atoms with Gasteiger partial charge < -0.3 is 10.6 Å². The molecule has 0 aliphatic carbocycles. The van der Waals surface area contributed by atoms with Gasteiger partial charge in [-0.05, 0) is 44.4 Å². The van der Waals surface area contributed by atoms with Crippen LogP contribution in [0.3, 0.4) is 0 Å². The lowest BCUT2D eigenvalue weighted by atomic mass is 9.96. The number of carbonyl (C=O) groups is 1. The Kier molecular flexibility index (Phi) is 4.58. The van der Waals surface area contributed by atoms with E-state index in [1.54, 1.807) is 11.0 Å². The number of nitrogens with zero attached hydrogens (tertiary/aromatic N) is 1. The van der Waals surface area contributed by atoms with E-state index in [9.17, 15) is 9.18 Å². The summed E-state index contributed by atoms with van der Waals surface area (Å²) in [7, 11) is 0. The summed E-state index contributed by atoms with van der Waals surface area (Å²) in [5, 5.41) is 0. The molecule has 1 amide bonds. The van der Waals surface area contributed by atoms with E-state index in [0.717, 1.165) is 19.3 Å². The summed E-state index contributed by atoms with van der Waals surface area (Å²) < 4.78 is 14.5. The molecule has 1 aromatic carbocycles. The highest BCUT2D eigenvalue weighted by Crippen LogP contribution is 2.23. The minimum atomic E-state index is -0.492. The zero-order valence-electron chi connectivity index (χ0n) is 10.9. The fourth-order valence-corrected chi connectivity index (χ4v) is 2.91. The van der Waals surface area contributed by atoms with E-state index >= 15 is 0 Å². The summed E-state index contributed by atoms with van der Waals surface area (Å²) in [6.45, 7) is 2.55. The van der Waals surface area contributed by atoms with Crippen LogP contribution in [0.15, 0.2) is 22.7 Å². The molecule has 1 saturated heterocycles. The smallest absolute Gasteiger partial charge is 0.257 e. The summed E-state index contributed by atoms with van der Waals surface area (Å²) >= 11 is 3.19. The van der Waals surface area contributed by atoms with Gasteiger partial charge in [-0.2, -0.15) is 0 Å². The average molecular weight is 329 g/mol. The van der Waals surface area contributed by atoms with Crippen molar-refractivity contribution in [1.82, 2.24) is 4.90 Å². The molecule has 1 aromatic rings. The SMILES string of the molecule is C[C@@H](N)[C@@H]1CCCCN1C(=O)c1ccc(Br)cc1F. The van der Waals surface area contributed by atoms with Gasteiger partial charge in [0.15, 0.2) is 0 Å². The highest BCUT2D eigenvalue weighted by atomic mass is 79.9. The Morgan fingerprint density at radius 2 is 2.26 bits per heavy atom. The molecular weight excluding hydrogens is 311 g/mol. The third-order valence-electron chi connectivity index (χ3n) is 3.58. The molecule has 0 radical (unpaired) electrons. The molecule has 0 bridgehead atoms. The van der Waals surface area contributed by atoms with Crippen LogP contribution >= 0.6 is 15.9 Å². The Morgan fingerprint density at radius 1 is 1.53 bits per heavy atom. The summed E-state index contributed by atoms with van der Waals surface area (Å²) in [6.07, 6.45) is 2.91. The Labute approximate surface area is 121 Å². The molecule has 0 saturated carbocycles. The predicted molar refractivity (Wildman–Crippen MR) is 76.4 cm³/mol. The van der Waals surface area contributed by atoms with Crippen LogP contribution in [-0.4, -0.2) is 29.4 Å². The first-order valence-electron chi connectivity index (χ1n) is 6.52. The minimum Gasteiger partial charge on any atom is -0.334 e. The molecule has 2 N–H and O–H groups in total. The molecule has 0 aromatic heterocycles. The maximum Gasteiger partial charge on any atom is 0.257 e. The number of amides is 1. The van der Waals surface area contributed by atoms with Crippen LogP contribution < -0.4 is 5.73 Å². The number of benzene rings is 1. The maximum absolute atomic E-state index is 13.9. The number of hydrogen-bond donors (Lipinski definition) is 1. The van der Waals surface area contributed by atoms with Crippen molar-refractivity contribution in [2.24, 2.45) is 5.73 Å². The lowest BCUT2D eigenvalue weighted by Gasteiger charge is -2.38. The molecule has 5 heteroatoms. The third kappa shape index (κ3) is 3.15. The predicted octanol–water partition coefficient (Wildman–Crippen LogP) is 2.93. The molecule has 1 heterocycles. The molecule has 3 nitrogen and oxygen atoms in total. The highest BCUT2D eigenvalue weighted by Gasteiger charge is 2.30. The first-order valence-corrected chi connectivity index (χ1v) is 7.31. The number of likely N-dealkylation sites (tertiary alicyclic amines) is 1. The van der Waals surface area contributed by atoms with Crippen molar-refractivity contribution in [3.8, 4) is 0 Å². The summed E-state index contributed by atoms with van der Waals surface area (Å²) in [6, 6.07) is 4.43. The van der Waals surface area contributed by atoms with Gasteiger partial charge in [0.1, 0.15) is 5.82 Å². The molecule has 19 heavy (non-hydrogen) atoms. The molecular formula is C14H18BrFN2O. The van der Waals surface area contributed by atoms with Gasteiger partial charge in [-0.3, -0.25) is 4.79 Å². The Hall–Kier alpha value is -0.940. The molecule has 1 aliphatic rings. The molecule has 2 rings (SSSR count). The van der Waals surface area contributed by atoms with E-state index < -0.39 is 5.82 Å². The largest absolute Gasteiger partial charge is 0.334 e. The topological polar surface area (TPSA) is 46.3 Å². The molecule has 0 spiro atoms. The summed E-state index contributed by atoms with van der Waals surface area (Å²) in [5.74, 6) is -0.750. The minimum absolute atomic E-state index is 0.00398. The van der Waals surface area contributed by atoms with Crippen molar-refractivity contribution in [2.75, 3.05) is 6.54 Å². The first-order chi connectivity index (χ1) is 9.00. The monoisotopic (exact) mass is 328 g/mol. The fraction of sp³-hybridized carbons (Fsp3) is 0.500. The van der Waals surface area contributed by atoms with Gasteiger partial charge in [0.2, 0.25) is 0 Å². The van der Waals surface area contributed by atoms with E-state index in [1.807, 2.05) is 6.92 Å². The number of nitrogens with two attached hydrogens (primary N) is 1. The van der Waals surface area contributed by atoms with E-state index in [2.05, 4.69) is 15.9 Å². The molecule has 1 aliphatic heterocycles. The van der Waals surface area contributed by atoms with E-state index in [-0.39, 0.29) is 23.6 Å². The van der Waals surface area contributed by atoms with Gasteiger partial charge in [-0.25, -0.2) is 4.39 Å². The molecule has 0 unspecified atom stereocenters. The van der Waals surface area contributed by atoms with Gasteiger partial charge in [0, 0.05) is 23.1 Å². The van der Waals surface area contributed by atoms with Crippen molar-refractivity contribution in [2.45, 2.75) is 38.3 Å². The van der Waals surface area contributed by atoms with Crippen LogP contribution in [0.1, 0.15) is 36.5 Å².